The molecule has 0 amide bonds. The Balaban J connectivity index is 2.25. The van der Waals surface area contributed by atoms with Gasteiger partial charge in [0.15, 0.2) is 0 Å². The Bertz CT molecular complexity index is 520. The Hall–Kier alpha value is -0.160. The third-order valence-electron chi connectivity index (χ3n) is 8.05. The van der Waals surface area contributed by atoms with E-state index in [1.807, 2.05) is 0 Å². The van der Waals surface area contributed by atoms with Crippen LogP contribution < -0.4 is 10.6 Å². The number of hydrogen-bond donors (Lipinski definition) is 2. The highest BCUT2D eigenvalue weighted by molar-refractivity contribution is 4.99. The van der Waals surface area contributed by atoms with Crippen molar-refractivity contribution < 1.29 is 0 Å². The highest BCUT2D eigenvalue weighted by Crippen LogP contribution is 2.32. The molecule has 1 saturated heterocycles. The standard InChI is InChI=1S/C28H60N4/c1-13-28(10,32(12)25(3,4)5)20-23(2)29-18-16-14-15-17-19-31(11)24-21-26(6,7)30-27(8,9)22-24/h23-24,29-30H,13-22H2,1-12H3. The molecule has 4 heteroatoms. The first-order valence-electron chi connectivity index (χ1n) is 13.5. The fourth-order valence-electron chi connectivity index (χ4n) is 6.01. The van der Waals surface area contributed by atoms with Crippen LogP contribution in [0.2, 0.25) is 0 Å². The third kappa shape index (κ3) is 9.99. The van der Waals surface area contributed by atoms with E-state index >= 15 is 0 Å². The number of nitrogens with zero attached hydrogens (tertiary/aromatic N) is 2. The van der Waals surface area contributed by atoms with E-state index in [9.17, 15) is 0 Å². The number of rotatable bonds is 13. The molecule has 1 heterocycles. The number of hydrogen-bond acceptors (Lipinski definition) is 4. The molecular formula is C28H60N4. The van der Waals surface area contributed by atoms with Gasteiger partial charge in [0.05, 0.1) is 0 Å². The van der Waals surface area contributed by atoms with E-state index in [2.05, 4.69) is 104 Å². The topological polar surface area (TPSA) is 30.5 Å². The van der Waals surface area contributed by atoms with Gasteiger partial charge in [0.2, 0.25) is 0 Å². The Kier molecular flexibility index (Phi) is 11.2. The maximum atomic E-state index is 3.81. The summed E-state index contributed by atoms with van der Waals surface area (Å²) >= 11 is 0. The molecule has 2 N–H and O–H groups in total. The van der Waals surface area contributed by atoms with Crippen LogP contribution in [0.3, 0.4) is 0 Å². The summed E-state index contributed by atoms with van der Waals surface area (Å²) < 4.78 is 0. The first-order chi connectivity index (χ1) is 14.5. The molecule has 2 atom stereocenters. The van der Waals surface area contributed by atoms with Crippen LogP contribution in [0.4, 0.5) is 0 Å². The molecule has 0 saturated carbocycles. The molecule has 0 spiro atoms. The molecule has 0 radical (unpaired) electrons. The SMILES string of the molecule is CCC(C)(CC(C)NCCCCCCN(C)C1CC(C)(C)NC(C)(C)C1)N(C)C(C)(C)C. The molecule has 0 bridgehead atoms. The van der Waals surface area contributed by atoms with Gasteiger partial charge in [-0.05, 0) is 128 Å². The van der Waals surface area contributed by atoms with Gasteiger partial charge in [0, 0.05) is 34.2 Å². The van der Waals surface area contributed by atoms with Crippen LogP contribution in [0, 0.1) is 0 Å². The zero-order valence-corrected chi connectivity index (χ0v) is 24.1. The number of piperidine rings is 1. The lowest BCUT2D eigenvalue weighted by molar-refractivity contribution is 0.0283. The van der Waals surface area contributed by atoms with Gasteiger partial charge in [0.1, 0.15) is 0 Å². The summed E-state index contributed by atoms with van der Waals surface area (Å²) in [5.41, 5.74) is 0.918. The van der Waals surface area contributed by atoms with Crippen LogP contribution in [0.5, 0.6) is 0 Å². The zero-order valence-electron chi connectivity index (χ0n) is 24.1. The lowest BCUT2D eigenvalue weighted by Gasteiger charge is -2.49. The summed E-state index contributed by atoms with van der Waals surface area (Å²) in [6.45, 7) is 25.9. The smallest absolute Gasteiger partial charge is 0.0195 e. The van der Waals surface area contributed by atoms with E-state index in [-0.39, 0.29) is 22.2 Å². The minimum atomic E-state index is 0.206. The molecule has 1 aliphatic heterocycles. The van der Waals surface area contributed by atoms with Crippen molar-refractivity contribution in [3.05, 3.63) is 0 Å². The minimum absolute atomic E-state index is 0.206. The Morgan fingerprint density at radius 3 is 1.97 bits per heavy atom. The molecule has 1 aliphatic rings. The average molecular weight is 453 g/mol. The summed E-state index contributed by atoms with van der Waals surface area (Å²) in [6.07, 6.45) is 10.2. The van der Waals surface area contributed by atoms with Crippen molar-refractivity contribution in [3.63, 3.8) is 0 Å². The van der Waals surface area contributed by atoms with Gasteiger partial charge >= 0.3 is 0 Å². The Morgan fingerprint density at radius 1 is 0.938 bits per heavy atom. The molecule has 0 aromatic carbocycles. The van der Waals surface area contributed by atoms with E-state index in [1.54, 1.807) is 0 Å². The van der Waals surface area contributed by atoms with Crippen molar-refractivity contribution in [2.45, 2.75) is 155 Å². The molecular weight excluding hydrogens is 392 g/mol. The zero-order chi connectivity index (χ0) is 24.8. The van der Waals surface area contributed by atoms with E-state index in [0.717, 1.165) is 6.54 Å². The van der Waals surface area contributed by atoms with E-state index < -0.39 is 0 Å². The summed E-state index contributed by atoms with van der Waals surface area (Å²) in [6, 6.07) is 1.25. The maximum absolute atomic E-state index is 3.81. The van der Waals surface area contributed by atoms with Gasteiger partial charge in [-0.2, -0.15) is 0 Å². The van der Waals surface area contributed by atoms with Crippen molar-refractivity contribution in [1.82, 2.24) is 20.4 Å². The van der Waals surface area contributed by atoms with Crippen LogP contribution in [-0.2, 0) is 0 Å². The van der Waals surface area contributed by atoms with Crippen molar-refractivity contribution in [1.29, 1.82) is 0 Å². The maximum Gasteiger partial charge on any atom is 0.0195 e. The molecule has 32 heavy (non-hydrogen) atoms. The lowest BCUT2D eigenvalue weighted by atomic mass is 9.79. The Labute approximate surface area is 202 Å². The molecule has 0 aromatic rings. The molecule has 192 valence electrons. The fourth-order valence-corrected chi connectivity index (χ4v) is 6.01. The van der Waals surface area contributed by atoms with Crippen LogP contribution in [0.25, 0.3) is 0 Å². The summed E-state index contributed by atoms with van der Waals surface area (Å²) in [7, 11) is 4.63. The number of unbranched alkanes of at least 4 members (excludes halogenated alkanes) is 3. The Morgan fingerprint density at radius 2 is 1.47 bits per heavy atom. The van der Waals surface area contributed by atoms with Crippen LogP contribution >= 0.6 is 0 Å². The monoisotopic (exact) mass is 452 g/mol. The molecule has 2 unspecified atom stereocenters. The predicted octanol–water partition coefficient (Wildman–Crippen LogP) is 6.06. The highest BCUT2D eigenvalue weighted by atomic mass is 15.2. The van der Waals surface area contributed by atoms with Crippen LogP contribution in [0.15, 0.2) is 0 Å². The first-order valence-corrected chi connectivity index (χ1v) is 13.5. The largest absolute Gasteiger partial charge is 0.314 e. The second kappa shape index (κ2) is 12.0. The molecule has 1 rings (SSSR count). The highest BCUT2D eigenvalue weighted by Gasteiger charge is 2.39. The van der Waals surface area contributed by atoms with Crippen LogP contribution in [-0.4, -0.2) is 71.2 Å². The van der Waals surface area contributed by atoms with Crippen molar-refractivity contribution in [3.8, 4) is 0 Å². The number of nitrogens with one attached hydrogen (secondary N) is 2. The average Bonchev–Trinajstić information content (AvgIpc) is 2.63. The van der Waals surface area contributed by atoms with E-state index in [4.69, 9.17) is 0 Å². The minimum Gasteiger partial charge on any atom is -0.314 e. The van der Waals surface area contributed by atoms with Crippen LogP contribution in [0.1, 0.15) is 121 Å². The second-order valence-electron chi connectivity index (χ2n) is 13.5. The van der Waals surface area contributed by atoms with Gasteiger partial charge in [-0.3, -0.25) is 4.90 Å². The third-order valence-corrected chi connectivity index (χ3v) is 8.05. The predicted molar refractivity (Wildman–Crippen MR) is 144 cm³/mol. The molecule has 0 aliphatic carbocycles. The van der Waals surface area contributed by atoms with E-state index in [1.165, 1.54) is 57.9 Å². The lowest BCUT2D eigenvalue weighted by Crippen LogP contribution is -2.61. The second-order valence-corrected chi connectivity index (χ2v) is 13.5. The van der Waals surface area contributed by atoms with Gasteiger partial charge < -0.3 is 15.5 Å². The summed E-state index contributed by atoms with van der Waals surface area (Å²) in [4.78, 5) is 5.20. The van der Waals surface area contributed by atoms with Crippen molar-refractivity contribution >= 4 is 0 Å². The van der Waals surface area contributed by atoms with Gasteiger partial charge in [0.25, 0.3) is 0 Å². The van der Waals surface area contributed by atoms with E-state index in [0.29, 0.717) is 12.1 Å². The van der Waals surface area contributed by atoms with Crippen molar-refractivity contribution in [2.75, 3.05) is 27.2 Å². The van der Waals surface area contributed by atoms with Gasteiger partial charge in [-0.15, -0.1) is 0 Å². The first kappa shape index (κ1) is 29.9. The molecule has 4 nitrogen and oxygen atoms in total. The van der Waals surface area contributed by atoms with Gasteiger partial charge in [-0.1, -0.05) is 19.8 Å². The summed E-state index contributed by atoms with van der Waals surface area (Å²) in [5.74, 6) is 0. The normalized spacial score (nSPS) is 22.3. The van der Waals surface area contributed by atoms with Gasteiger partial charge in [-0.25, -0.2) is 0 Å². The quantitative estimate of drug-likeness (QED) is 0.333. The van der Waals surface area contributed by atoms with Crippen molar-refractivity contribution in [2.24, 2.45) is 0 Å². The fraction of sp³-hybridized carbons (Fsp3) is 1.00. The molecule has 1 fully saturated rings. The molecule has 0 aromatic heterocycles. The summed E-state index contributed by atoms with van der Waals surface area (Å²) in [5, 5.41) is 7.62.